The molecule has 1 aromatic carbocycles. The molecule has 1 unspecified atom stereocenters. The summed E-state index contributed by atoms with van der Waals surface area (Å²) >= 11 is 7.99. The van der Waals surface area contributed by atoms with Gasteiger partial charge in [0.05, 0.1) is 5.69 Å². The SMILES string of the molecule is CC(N)CCCC(=O)Nc1ccc(Cl)cc1I. The standard InChI is InChI=1S/C12H16ClIN2O/c1-8(15)3-2-4-12(17)16-11-6-5-9(13)7-10(11)14/h5-8H,2-4,15H2,1H3,(H,16,17). The van der Waals surface area contributed by atoms with Gasteiger partial charge in [0, 0.05) is 21.1 Å². The molecule has 17 heavy (non-hydrogen) atoms. The van der Waals surface area contributed by atoms with Crippen LogP contribution in [-0.4, -0.2) is 11.9 Å². The second kappa shape index (κ2) is 7.18. The lowest BCUT2D eigenvalue weighted by Crippen LogP contribution is -2.17. The largest absolute Gasteiger partial charge is 0.328 e. The molecule has 0 bridgehead atoms. The van der Waals surface area contributed by atoms with Crippen molar-refractivity contribution in [1.82, 2.24) is 0 Å². The molecule has 1 aromatic rings. The number of amides is 1. The molecule has 0 spiro atoms. The first kappa shape index (κ1) is 14.7. The Morgan fingerprint density at radius 3 is 2.88 bits per heavy atom. The van der Waals surface area contributed by atoms with E-state index in [1.165, 1.54) is 0 Å². The second-order valence-corrected chi connectivity index (χ2v) is 5.64. The van der Waals surface area contributed by atoms with Crippen LogP contribution >= 0.6 is 34.2 Å². The highest BCUT2D eigenvalue weighted by Crippen LogP contribution is 2.22. The Morgan fingerprint density at radius 1 is 1.59 bits per heavy atom. The zero-order valence-electron chi connectivity index (χ0n) is 9.67. The number of carbonyl (C=O) groups excluding carboxylic acids is 1. The Labute approximate surface area is 120 Å². The van der Waals surface area contributed by atoms with Crippen LogP contribution in [0.25, 0.3) is 0 Å². The topological polar surface area (TPSA) is 55.1 Å². The number of nitrogens with one attached hydrogen (secondary N) is 1. The third-order valence-electron chi connectivity index (χ3n) is 2.27. The number of halogens is 2. The van der Waals surface area contributed by atoms with Gasteiger partial charge in [0.15, 0.2) is 0 Å². The summed E-state index contributed by atoms with van der Waals surface area (Å²) in [4.78, 5) is 11.6. The van der Waals surface area contributed by atoms with Crippen LogP contribution < -0.4 is 11.1 Å². The molecule has 0 radical (unpaired) electrons. The summed E-state index contributed by atoms with van der Waals surface area (Å²) in [5.74, 6) is 0.0193. The van der Waals surface area contributed by atoms with Gasteiger partial charge in [-0.2, -0.15) is 0 Å². The van der Waals surface area contributed by atoms with Crippen molar-refractivity contribution in [1.29, 1.82) is 0 Å². The van der Waals surface area contributed by atoms with Crippen molar-refractivity contribution in [3.63, 3.8) is 0 Å². The molecular weight excluding hydrogens is 351 g/mol. The molecule has 1 amide bonds. The summed E-state index contributed by atoms with van der Waals surface area (Å²) in [6.07, 6.45) is 2.18. The molecule has 1 rings (SSSR count). The summed E-state index contributed by atoms with van der Waals surface area (Å²) in [5, 5.41) is 3.54. The van der Waals surface area contributed by atoms with Crippen LogP contribution in [0.2, 0.25) is 5.02 Å². The van der Waals surface area contributed by atoms with Crippen molar-refractivity contribution in [2.75, 3.05) is 5.32 Å². The fraction of sp³-hybridized carbons (Fsp3) is 0.417. The zero-order valence-corrected chi connectivity index (χ0v) is 12.6. The van der Waals surface area contributed by atoms with E-state index in [9.17, 15) is 4.79 Å². The number of benzene rings is 1. The number of carbonyl (C=O) groups is 1. The monoisotopic (exact) mass is 366 g/mol. The van der Waals surface area contributed by atoms with Crippen molar-refractivity contribution in [2.45, 2.75) is 32.2 Å². The zero-order chi connectivity index (χ0) is 12.8. The maximum absolute atomic E-state index is 11.6. The summed E-state index contributed by atoms with van der Waals surface area (Å²) in [5.41, 5.74) is 6.43. The van der Waals surface area contributed by atoms with E-state index in [1.54, 1.807) is 6.07 Å². The first-order valence-electron chi connectivity index (χ1n) is 5.49. The van der Waals surface area contributed by atoms with Crippen molar-refractivity contribution < 1.29 is 4.79 Å². The van der Waals surface area contributed by atoms with Crippen LogP contribution in [0.3, 0.4) is 0 Å². The summed E-state index contributed by atoms with van der Waals surface area (Å²) in [7, 11) is 0. The molecule has 3 nitrogen and oxygen atoms in total. The molecule has 1 atom stereocenters. The molecule has 94 valence electrons. The van der Waals surface area contributed by atoms with Crippen LogP contribution in [0.5, 0.6) is 0 Å². The predicted octanol–water partition coefficient (Wildman–Crippen LogP) is 3.40. The van der Waals surface area contributed by atoms with Gasteiger partial charge < -0.3 is 11.1 Å². The smallest absolute Gasteiger partial charge is 0.224 e. The minimum absolute atomic E-state index is 0.0193. The first-order chi connectivity index (χ1) is 7.99. The molecule has 0 aliphatic carbocycles. The fourth-order valence-electron chi connectivity index (χ4n) is 1.39. The lowest BCUT2D eigenvalue weighted by Gasteiger charge is -2.08. The summed E-state index contributed by atoms with van der Waals surface area (Å²) < 4.78 is 0.940. The van der Waals surface area contributed by atoms with Gasteiger partial charge in [-0.3, -0.25) is 4.79 Å². The minimum atomic E-state index is 0.0193. The van der Waals surface area contributed by atoms with E-state index in [4.69, 9.17) is 17.3 Å². The van der Waals surface area contributed by atoms with E-state index in [1.807, 2.05) is 19.1 Å². The Bertz CT molecular complexity index is 396. The van der Waals surface area contributed by atoms with Crippen molar-refractivity contribution >= 4 is 45.8 Å². The van der Waals surface area contributed by atoms with E-state index < -0.39 is 0 Å². The quantitative estimate of drug-likeness (QED) is 0.785. The van der Waals surface area contributed by atoms with Gasteiger partial charge in [0.1, 0.15) is 0 Å². The van der Waals surface area contributed by atoms with Gasteiger partial charge in [-0.15, -0.1) is 0 Å². The predicted molar refractivity (Wildman–Crippen MR) is 80.3 cm³/mol. The minimum Gasteiger partial charge on any atom is -0.328 e. The molecule has 0 fully saturated rings. The van der Waals surface area contributed by atoms with E-state index in [0.717, 1.165) is 22.1 Å². The highest BCUT2D eigenvalue weighted by Gasteiger charge is 2.06. The average molecular weight is 367 g/mol. The Balaban J connectivity index is 2.45. The first-order valence-corrected chi connectivity index (χ1v) is 6.95. The van der Waals surface area contributed by atoms with Crippen LogP contribution in [0.1, 0.15) is 26.2 Å². The lowest BCUT2D eigenvalue weighted by atomic mass is 10.1. The van der Waals surface area contributed by atoms with E-state index in [-0.39, 0.29) is 11.9 Å². The van der Waals surface area contributed by atoms with Gasteiger partial charge >= 0.3 is 0 Å². The van der Waals surface area contributed by atoms with Crippen LogP contribution in [-0.2, 0) is 4.79 Å². The maximum atomic E-state index is 11.6. The third kappa shape index (κ3) is 5.70. The van der Waals surface area contributed by atoms with E-state index in [0.29, 0.717) is 11.4 Å². The normalized spacial score (nSPS) is 12.2. The summed E-state index contributed by atoms with van der Waals surface area (Å²) in [6.45, 7) is 1.94. The highest BCUT2D eigenvalue weighted by atomic mass is 127. The van der Waals surface area contributed by atoms with Gasteiger partial charge in [-0.1, -0.05) is 11.6 Å². The highest BCUT2D eigenvalue weighted by molar-refractivity contribution is 14.1. The molecule has 0 aliphatic rings. The van der Waals surface area contributed by atoms with Gasteiger partial charge in [0.25, 0.3) is 0 Å². The number of nitrogens with two attached hydrogens (primary N) is 1. The van der Waals surface area contributed by atoms with E-state index in [2.05, 4.69) is 27.9 Å². The molecule has 0 saturated carbocycles. The van der Waals surface area contributed by atoms with Crippen LogP contribution in [0.15, 0.2) is 18.2 Å². The maximum Gasteiger partial charge on any atom is 0.224 e. The molecule has 0 saturated heterocycles. The molecule has 0 heterocycles. The Morgan fingerprint density at radius 2 is 2.29 bits per heavy atom. The van der Waals surface area contributed by atoms with Gasteiger partial charge in [-0.25, -0.2) is 0 Å². The molecule has 0 aliphatic heterocycles. The van der Waals surface area contributed by atoms with Crippen LogP contribution in [0.4, 0.5) is 5.69 Å². The van der Waals surface area contributed by atoms with E-state index >= 15 is 0 Å². The molecule has 0 aromatic heterocycles. The number of rotatable bonds is 5. The average Bonchev–Trinajstić information content (AvgIpc) is 2.21. The van der Waals surface area contributed by atoms with Crippen molar-refractivity contribution in [3.05, 3.63) is 26.8 Å². The number of anilines is 1. The third-order valence-corrected chi connectivity index (χ3v) is 3.40. The van der Waals surface area contributed by atoms with Gasteiger partial charge in [-0.05, 0) is 60.6 Å². The lowest BCUT2D eigenvalue weighted by molar-refractivity contribution is -0.116. The van der Waals surface area contributed by atoms with Gasteiger partial charge in [0.2, 0.25) is 5.91 Å². The number of hydrogen-bond acceptors (Lipinski definition) is 2. The van der Waals surface area contributed by atoms with Crippen LogP contribution in [0, 0.1) is 3.57 Å². The fourth-order valence-corrected chi connectivity index (χ4v) is 2.39. The second-order valence-electron chi connectivity index (χ2n) is 4.04. The Kier molecular flexibility index (Phi) is 6.22. The van der Waals surface area contributed by atoms with Crippen molar-refractivity contribution in [3.8, 4) is 0 Å². The molecule has 3 N–H and O–H groups in total. The molecular formula is C12H16ClIN2O. The summed E-state index contributed by atoms with van der Waals surface area (Å²) in [6, 6.07) is 5.55. The van der Waals surface area contributed by atoms with Crippen molar-refractivity contribution in [2.24, 2.45) is 5.73 Å². The number of hydrogen-bond donors (Lipinski definition) is 2. The molecule has 5 heteroatoms. The Hall–Kier alpha value is -0.330.